The van der Waals surface area contributed by atoms with Crippen molar-refractivity contribution in [2.24, 2.45) is 0 Å². The topological polar surface area (TPSA) is 88.5 Å². The number of benzene rings is 2. The van der Waals surface area contributed by atoms with Crippen LogP contribution in [0.4, 0.5) is 5.69 Å². The van der Waals surface area contributed by atoms with Crippen LogP contribution in [-0.4, -0.2) is 45.1 Å². The molecule has 0 aliphatic carbocycles. The molecule has 2 atom stereocenters. The summed E-state index contributed by atoms with van der Waals surface area (Å²) in [7, 11) is 1.37. The summed E-state index contributed by atoms with van der Waals surface area (Å²) in [6, 6.07) is 22.8. The number of rotatable bonds is 8. The van der Waals surface area contributed by atoms with Crippen molar-refractivity contribution in [1.82, 2.24) is 19.8 Å². The van der Waals surface area contributed by atoms with Gasteiger partial charge >= 0.3 is 5.97 Å². The molecule has 9 heteroatoms. The fourth-order valence-corrected chi connectivity index (χ4v) is 5.83. The number of esters is 1. The Morgan fingerprint density at radius 1 is 1.02 bits per heavy atom. The lowest BCUT2D eigenvalue weighted by molar-refractivity contribution is -0.116. The average molecular weight is 568 g/mol. The Morgan fingerprint density at radius 2 is 1.80 bits per heavy atom. The van der Waals surface area contributed by atoms with Crippen LogP contribution in [0, 0.1) is 20.8 Å². The smallest absolute Gasteiger partial charge is 0.337 e. The standard InChI is InChI=1S/C32H33N5O3S/c1-20-8-7-9-24(18-20)34-28(38)15-17-36-30(29(35-32(36)41)27-10-5-6-16-33-27)26-19-21(2)37(22(26)3)25-13-11-23(12-14-25)31(39)40-4/h5-14,16,18-19,29-30H,15,17H2,1-4H3,(H,34,38)(H,35,41)/t29-,30-/m0/s1. The third-order valence-electron chi connectivity index (χ3n) is 7.41. The number of carbonyl (C=O) groups excluding carboxylic acids is 2. The molecule has 1 aliphatic heterocycles. The van der Waals surface area contributed by atoms with Crippen molar-refractivity contribution in [3.63, 3.8) is 0 Å². The van der Waals surface area contributed by atoms with E-state index in [2.05, 4.69) is 45.0 Å². The molecule has 41 heavy (non-hydrogen) atoms. The lowest BCUT2D eigenvalue weighted by Gasteiger charge is -2.28. The molecule has 5 rings (SSSR count). The van der Waals surface area contributed by atoms with Gasteiger partial charge in [-0.15, -0.1) is 0 Å². The van der Waals surface area contributed by atoms with Crippen LogP contribution >= 0.6 is 12.2 Å². The molecular weight excluding hydrogens is 534 g/mol. The number of carbonyl (C=O) groups is 2. The van der Waals surface area contributed by atoms with Gasteiger partial charge in [0, 0.05) is 41.9 Å². The number of thiocarbonyl (C=S) groups is 1. The summed E-state index contributed by atoms with van der Waals surface area (Å²) in [6.07, 6.45) is 2.05. The fraction of sp³-hybridized carbons (Fsp3) is 0.250. The first-order valence-corrected chi connectivity index (χ1v) is 13.9. The monoisotopic (exact) mass is 567 g/mol. The highest BCUT2D eigenvalue weighted by molar-refractivity contribution is 7.80. The molecular formula is C32H33N5O3S. The van der Waals surface area contributed by atoms with Gasteiger partial charge in [-0.2, -0.15) is 0 Å². The normalized spacial score (nSPS) is 16.4. The number of aromatic nitrogens is 2. The molecule has 0 bridgehead atoms. The largest absolute Gasteiger partial charge is 0.465 e. The molecule has 2 N–H and O–H groups in total. The summed E-state index contributed by atoms with van der Waals surface area (Å²) in [4.78, 5) is 31.6. The molecule has 8 nitrogen and oxygen atoms in total. The maximum atomic E-state index is 12.9. The second-order valence-corrected chi connectivity index (χ2v) is 10.6. The molecule has 4 aromatic rings. The highest BCUT2D eigenvalue weighted by Crippen LogP contribution is 2.41. The third-order valence-corrected chi connectivity index (χ3v) is 7.77. The minimum atomic E-state index is -0.371. The predicted molar refractivity (Wildman–Crippen MR) is 163 cm³/mol. The van der Waals surface area contributed by atoms with Crippen LogP contribution in [0.5, 0.6) is 0 Å². The van der Waals surface area contributed by atoms with Gasteiger partial charge in [0.2, 0.25) is 5.91 Å². The van der Waals surface area contributed by atoms with E-state index in [1.165, 1.54) is 7.11 Å². The van der Waals surface area contributed by atoms with E-state index >= 15 is 0 Å². The lowest BCUT2D eigenvalue weighted by Crippen LogP contribution is -2.32. The van der Waals surface area contributed by atoms with E-state index < -0.39 is 0 Å². The number of ether oxygens (including phenoxy) is 1. The van der Waals surface area contributed by atoms with Crippen LogP contribution < -0.4 is 10.6 Å². The molecule has 0 unspecified atom stereocenters. The number of anilines is 1. The first-order valence-electron chi connectivity index (χ1n) is 13.5. The molecule has 1 fully saturated rings. The number of amides is 1. The van der Waals surface area contributed by atoms with E-state index in [0.717, 1.165) is 39.6 Å². The van der Waals surface area contributed by atoms with Gasteiger partial charge < -0.3 is 24.8 Å². The molecule has 3 heterocycles. The van der Waals surface area contributed by atoms with Crippen molar-refractivity contribution in [2.75, 3.05) is 19.0 Å². The van der Waals surface area contributed by atoms with Crippen molar-refractivity contribution < 1.29 is 14.3 Å². The summed E-state index contributed by atoms with van der Waals surface area (Å²) in [6.45, 7) is 6.57. The van der Waals surface area contributed by atoms with Crippen molar-refractivity contribution in [3.8, 4) is 5.69 Å². The number of methoxy groups -OCH3 is 1. The van der Waals surface area contributed by atoms with Crippen LogP contribution in [-0.2, 0) is 9.53 Å². The van der Waals surface area contributed by atoms with Gasteiger partial charge in [0.15, 0.2) is 5.11 Å². The highest BCUT2D eigenvalue weighted by atomic mass is 32.1. The number of pyridine rings is 1. The quantitative estimate of drug-likeness (QED) is 0.212. The van der Waals surface area contributed by atoms with Gasteiger partial charge in [0.05, 0.1) is 30.5 Å². The Kier molecular flexibility index (Phi) is 8.16. The second-order valence-electron chi connectivity index (χ2n) is 10.2. The molecule has 2 aromatic carbocycles. The molecule has 1 saturated heterocycles. The van der Waals surface area contributed by atoms with Gasteiger partial charge in [-0.05, 0) is 98.7 Å². The Morgan fingerprint density at radius 3 is 2.49 bits per heavy atom. The fourth-order valence-electron chi connectivity index (χ4n) is 5.50. The van der Waals surface area contributed by atoms with Crippen molar-refractivity contribution >= 4 is 34.9 Å². The number of hydrogen-bond donors (Lipinski definition) is 2. The summed E-state index contributed by atoms with van der Waals surface area (Å²) < 4.78 is 7.01. The minimum absolute atomic E-state index is 0.0744. The van der Waals surface area contributed by atoms with Gasteiger partial charge in [0.1, 0.15) is 0 Å². The third kappa shape index (κ3) is 5.85. The Labute approximate surface area is 245 Å². The van der Waals surface area contributed by atoms with Gasteiger partial charge in [0.25, 0.3) is 0 Å². The van der Waals surface area contributed by atoms with Crippen LogP contribution in [0.3, 0.4) is 0 Å². The maximum Gasteiger partial charge on any atom is 0.337 e. The number of nitrogens with one attached hydrogen (secondary N) is 2. The van der Waals surface area contributed by atoms with Crippen molar-refractivity contribution in [3.05, 3.63) is 113 Å². The van der Waals surface area contributed by atoms with E-state index in [-0.39, 0.29) is 30.4 Å². The maximum absolute atomic E-state index is 12.9. The van der Waals surface area contributed by atoms with E-state index in [4.69, 9.17) is 17.0 Å². The van der Waals surface area contributed by atoms with Crippen LogP contribution in [0.2, 0.25) is 0 Å². The van der Waals surface area contributed by atoms with E-state index in [1.807, 2.05) is 61.5 Å². The van der Waals surface area contributed by atoms with Gasteiger partial charge in [-0.25, -0.2) is 4.79 Å². The second kappa shape index (κ2) is 11.9. The summed E-state index contributed by atoms with van der Waals surface area (Å²) in [5.41, 5.74) is 7.34. The first kappa shape index (κ1) is 28.0. The van der Waals surface area contributed by atoms with E-state index in [1.54, 1.807) is 18.3 Å². The van der Waals surface area contributed by atoms with E-state index in [0.29, 0.717) is 17.2 Å². The Balaban J connectivity index is 1.46. The molecule has 0 saturated carbocycles. The number of nitrogens with zero attached hydrogens (tertiary/aromatic N) is 3. The van der Waals surface area contributed by atoms with Crippen LogP contribution in [0.1, 0.15) is 57.1 Å². The Bertz CT molecular complexity index is 1580. The lowest BCUT2D eigenvalue weighted by atomic mass is 9.96. The molecule has 0 radical (unpaired) electrons. The number of aryl methyl sites for hydroxylation is 2. The highest BCUT2D eigenvalue weighted by Gasteiger charge is 2.41. The van der Waals surface area contributed by atoms with Crippen molar-refractivity contribution in [2.45, 2.75) is 39.3 Å². The summed E-state index contributed by atoms with van der Waals surface area (Å²) in [5, 5.41) is 7.06. The minimum Gasteiger partial charge on any atom is -0.465 e. The zero-order valence-corrected chi connectivity index (χ0v) is 24.4. The van der Waals surface area contributed by atoms with Gasteiger partial charge in [-0.1, -0.05) is 18.2 Å². The Hall–Kier alpha value is -4.50. The summed E-state index contributed by atoms with van der Waals surface area (Å²) >= 11 is 5.82. The molecule has 1 amide bonds. The first-order chi connectivity index (χ1) is 19.8. The molecule has 210 valence electrons. The molecule has 2 aromatic heterocycles. The predicted octanol–water partition coefficient (Wildman–Crippen LogP) is 5.59. The van der Waals surface area contributed by atoms with Crippen LogP contribution in [0.25, 0.3) is 5.69 Å². The van der Waals surface area contributed by atoms with Crippen molar-refractivity contribution in [1.29, 1.82) is 0 Å². The van der Waals surface area contributed by atoms with Crippen LogP contribution in [0.15, 0.2) is 79.0 Å². The average Bonchev–Trinajstić information content (AvgIpc) is 3.46. The number of hydrogen-bond acceptors (Lipinski definition) is 5. The summed E-state index contributed by atoms with van der Waals surface area (Å²) in [5.74, 6) is -0.446. The van der Waals surface area contributed by atoms with Gasteiger partial charge in [-0.3, -0.25) is 9.78 Å². The SMILES string of the molecule is COC(=O)c1ccc(-n2c(C)cc([C@H]3[C@H](c4ccccn4)NC(=S)N3CCC(=O)Nc3cccc(C)c3)c2C)cc1. The molecule has 1 aliphatic rings. The zero-order chi connectivity index (χ0) is 29.1. The zero-order valence-electron chi connectivity index (χ0n) is 23.5. The molecule has 0 spiro atoms. The van der Waals surface area contributed by atoms with E-state index in [9.17, 15) is 9.59 Å².